The number of nitrogens with zero attached hydrogens (tertiary/aromatic N) is 3. The molecule has 0 radical (unpaired) electrons. The summed E-state index contributed by atoms with van der Waals surface area (Å²) in [5.41, 5.74) is 9.81. The Balaban J connectivity index is 1.36. The Kier molecular flexibility index (Phi) is 8.99. The number of fused-ring (bicyclic) bond motifs is 1. The molecule has 40 heavy (non-hydrogen) atoms. The van der Waals surface area contributed by atoms with Gasteiger partial charge in [0.15, 0.2) is 0 Å². The highest BCUT2D eigenvalue weighted by molar-refractivity contribution is 5.78. The number of nitrogens with one attached hydrogen (secondary N) is 1. The zero-order chi connectivity index (χ0) is 27.9. The zero-order valence-corrected chi connectivity index (χ0v) is 23.4. The first-order chi connectivity index (χ1) is 19.5. The minimum absolute atomic E-state index is 0.0172. The van der Waals surface area contributed by atoms with E-state index in [9.17, 15) is 9.90 Å². The van der Waals surface area contributed by atoms with Gasteiger partial charge in [0.1, 0.15) is 0 Å². The predicted molar refractivity (Wildman–Crippen MR) is 157 cm³/mol. The Hall–Kier alpha value is -3.87. The third-order valence-electron chi connectivity index (χ3n) is 7.79. The van der Waals surface area contributed by atoms with Gasteiger partial charge in [0, 0.05) is 32.0 Å². The van der Waals surface area contributed by atoms with Crippen LogP contribution in [0.2, 0.25) is 0 Å². The molecule has 2 aromatic carbocycles. The summed E-state index contributed by atoms with van der Waals surface area (Å²) in [6.45, 7) is 5.94. The maximum Gasteiger partial charge on any atom is 0.224 e. The molecule has 0 unspecified atom stereocenters. The molecule has 0 spiro atoms. The molecule has 0 bridgehead atoms. The van der Waals surface area contributed by atoms with E-state index in [4.69, 9.17) is 9.97 Å². The molecule has 1 atom stereocenters. The van der Waals surface area contributed by atoms with E-state index in [2.05, 4.69) is 48.3 Å². The summed E-state index contributed by atoms with van der Waals surface area (Å²) in [4.78, 5) is 24.5. The highest BCUT2D eigenvalue weighted by Gasteiger charge is 2.28. The second kappa shape index (κ2) is 13.0. The number of pyridine rings is 2. The number of hydrogen-bond acceptors (Lipinski definition) is 5. The van der Waals surface area contributed by atoms with Gasteiger partial charge in [-0.3, -0.25) is 19.7 Å². The van der Waals surface area contributed by atoms with Crippen LogP contribution in [0.25, 0.3) is 0 Å². The van der Waals surface area contributed by atoms with Gasteiger partial charge in [-0.25, -0.2) is 0 Å². The molecule has 5 rings (SSSR count). The van der Waals surface area contributed by atoms with Crippen LogP contribution in [0.5, 0.6) is 0 Å². The summed E-state index contributed by atoms with van der Waals surface area (Å²) in [7, 11) is 0. The molecule has 0 fully saturated rings. The fraction of sp³-hybridized carbons (Fsp3) is 0.324. The first kappa shape index (κ1) is 27.7. The molecule has 0 saturated heterocycles. The van der Waals surface area contributed by atoms with Crippen LogP contribution < -0.4 is 5.32 Å². The second-order valence-corrected chi connectivity index (χ2v) is 10.8. The number of carbonyl (C=O) groups is 1. The van der Waals surface area contributed by atoms with Crippen molar-refractivity contribution in [3.8, 4) is 0 Å². The molecular formula is C34H38N4O2. The summed E-state index contributed by atoms with van der Waals surface area (Å²) < 4.78 is 0. The molecular weight excluding hydrogens is 496 g/mol. The first-order valence-electron chi connectivity index (χ1n) is 14.1. The number of amides is 1. The molecule has 2 N–H and O–H groups in total. The van der Waals surface area contributed by atoms with E-state index in [1.165, 1.54) is 11.1 Å². The monoisotopic (exact) mass is 534 g/mol. The summed E-state index contributed by atoms with van der Waals surface area (Å²) >= 11 is 0. The van der Waals surface area contributed by atoms with Crippen molar-refractivity contribution in [2.45, 2.75) is 71.8 Å². The first-order valence-corrected chi connectivity index (χ1v) is 14.1. The lowest BCUT2D eigenvalue weighted by Crippen LogP contribution is -2.32. The van der Waals surface area contributed by atoms with Crippen LogP contribution in [-0.4, -0.2) is 25.9 Å². The molecule has 1 aliphatic carbocycles. The fourth-order valence-electron chi connectivity index (χ4n) is 5.67. The second-order valence-electron chi connectivity index (χ2n) is 10.8. The fourth-order valence-corrected chi connectivity index (χ4v) is 5.67. The molecule has 2 heterocycles. The quantitative estimate of drug-likeness (QED) is 0.280. The number of benzene rings is 2. The maximum absolute atomic E-state index is 12.5. The summed E-state index contributed by atoms with van der Waals surface area (Å²) in [5, 5.41) is 13.3. The number of aliphatic hydroxyl groups excluding tert-OH is 1. The van der Waals surface area contributed by atoms with Gasteiger partial charge in [-0.05, 0) is 78.1 Å². The number of aromatic nitrogens is 2. The molecule has 206 valence electrons. The van der Waals surface area contributed by atoms with Crippen LogP contribution in [-0.2, 0) is 43.9 Å². The molecule has 1 amide bonds. The SMILES string of the molecule is Cc1cnc(CN(Cc2ccc(CNC(=O)Cc3ccccc3)cc2CO)[C@H]2CCCc3cccnc32)c(C)c1. The minimum atomic E-state index is -0.0592. The number of rotatable bonds is 10. The number of aryl methyl sites for hydroxylation is 3. The van der Waals surface area contributed by atoms with Crippen molar-refractivity contribution in [3.63, 3.8) is 0 Å². The van der Waals surface area contributed by atoms with Gasteiger partial charge in [0.2, 0.25) is 5.91 Å². The average molecular weight is 535 g/mol. The van der Waals surface area contributed by atoms with Gasteiger partial charge in [-0.1, -0.05) is 60.7 Å². The largest absolute Gasteiger partial charge is 0.392 e. The van der Waals surface area contributed by atoms with Gasteiger partial charge < -0.3 is 10.4 Å². The van der Waals surface area contributed by atoms with E-state index in [1.54, 1.807) is 0 Å². The van der Waals surface area contributed by atoms with Crippen LogP contribution in [0.4, 0.5) is 0 Å². The normalized spacial score (nSPS) is 14.7. The number of aliphatic hydroxyl groups is 1. The van der Waals surface area contributed by atoms with Crippen LogP contribution in [0.3, 0.4) is 0 Å². The lowest BCUT2D eigenvalue weighted by atomic mass is 9.90. The lowest BCUT2D eigenvalue weighted by Gasteiger charge is -2.35. The summed E-state index contributed by atoms with van der Waals surface area (Å²) in [6, 6.07) is 22.5. The van der Waals surface area contributed by atoms with Crippen molar-refractivity contribution in [2.75, 3.05) is 0 Å². The Morgan fingerprint density at radius 3 is 2.62 bits per heavy atom. The molecule has 0 aliphatic heterocycles. The standard InChI is InChI=1S/C34H38N4O2/c1-24-16-25(2)31(36-19-24)22-38(32-12-6-10-28-11-7-15-35-34(28)32)21-29-14-13-27(17-30(29)23-39)20-37-33(40)18-26-8-4-3-5-9-26/h3-5,7-9,11,13-17,19,32,39H,6,10,12,18,20-23H2,1-2H3,(H,37,40)/t32-/m0/s1. The van der Waals surface area contributed by atoms with E-state index in [0.717, 1.165) is 58.5 Å². The Bertz CT molecular complexity index is 1450. The average Bonchev–Trinajstić information content (AvgIpc) is 2.97. The maximum atomic E-state index is 12.5. The number of hydrogen-bond donors (Lipinski definition) is 2. The topological polar surface area (TPSA) is 78.4 Å². The van der Waals surface area contributed by atoms with Crippen molar-refractivity contribution < 1.29 is 9.90 Å². The van der Waals surface area contributed by atoms with Gasteiger partial charge in [0.25, 0.3) is 0 Å². The van der Waals surface area contributed by atoms with Gasteiger partial charge in [-0.2, -0.15) is 0 Å². The van der Waals surface area contributed by atoms with E-state index >= 15 is 0 Å². The lowest BCUT2D eigenvalue weighted by molar-refractivity contribution is -0.120. The number of carbonyl (C=O) groups excluding carboxylic acids is 1. The summed E-state index contributed by atoms with van der Waals surface area (Å²) in [6.07, 6.45) is 7.40. The minimum Gasteiger partial charge on any atom is -0.392 e. The third kappa shape index (κ3) is 6.82. The zero-order valence-electron chi connectivity index (χ0n) is 23.4. The van der Waals surface area contributed by atoms with Crippen LogP contribution in [0.15, 0.2) is 79.1 Å². The Morgan fingerprint density at radius 2 is 1.82 bits per heavy atom. The summed E-state index contributed by atoms with van der Waals surface area (Å²) in [5.74, 6) is -0.0172. The van der Waals surface area contributed by atoms with E-state index in [-0.39, 0.29) is 18.6 Å². The van der Waals surface area contributed by atoms with Crippen molar-refractivity contribution in [2.24, 2.45) is 0 Å². The predicted octanol–water partition coefficient (Wildman–Crippen LogP) is 5.52. The van der Waals surface area contributed by atoms with Crippen LogP contribution in [0.1, 0.15) is 69.2 Å². The van der Waals surface area contributed by atoms with Crippen molar-refractivity contribution in [1.29, 1.82) is 0 Å². The van der Waals surface area contributed by atoms with Gasteiger partial charge in [-0.15, -0.1) is 0 Å². The van der Waals surface area contributed by atoms with Crippen molar-refractivity contribution in [1.82, 2.24) is 20.2 Å². The molecule has 0 saturated carbocycles. The van der Waals surface area contributed by atoms with E-state index in [1.807, 2.05) is 54.9 Å². The smallest absolute Gasteiger partial charge is 0.224 e. The van der Waals surface area contributed by atoms with Crippen LogP contribution >= 0.6 is 0 Å². The highest BCUT2D eigenvalue weighted by atomic mass is 16.3. The van der Waals surface area contributed by atoms with E-state index < -0.39 is 0 Å². The van der Waals surface area contributed by atoms with Crippen molar-refractivity contribution in [3.05, 3.63) is 129 Å². The van der Waals surface area contributed by atoms with Gasteiger partial charge in [0.05, 0.1) is 30.5 Å². The van der Waals surface area contributed by atoms with E-state index in [0.29, 0.717) is 26.1 Å². The molecule has 1 aliphatic rings. The van der Waals surface area contributed by atoms with Gasteiger partial charge >= 0.3 is 0 Å². The Labute approximate surface area is 237 Å². The Morgan fingerprint density at radius 1 is 0.975 bits per heavy atom. The van der Waals surface area contributed by atoms with Crippen molar-refractivity contribution >= 4 is 5.91 Å². The molecule has 6 nitrogen and oxygen atoms in total. The molecule has 2 aromatic heterocycles. The molecule has 4 aromatic rings. The highest BCUT2D eigenvalue weighted by Crippen LogP contribution is 2.35. The molecule has 6 heteroatoms. The third-order valence-corrected chi connectivity index (χ3v) is 7.79. The van der Waals surface area contributed by atoms with Crippen LogP contribution in [0, 0.1) is 13.8 Å².